The first-order chi connectivity index (χ1) is 16.5. The predicted molar refractivity (Wildman–Crippen MR) is 133 cm³/mol. The van der Waals surface area contributed by atoms with Gasteiger partial charge >= 0.3 is 0 Å². The Bertz CT molecular complexity index is 1350. The minimum Gasteiger partial charge on any atom is -0.491 e. The normalized spacial score (nSPS) is 11.0. The van der Waals surface area contributed by atoms with E-state index < -0.39 is 5.82 Å². The van der Waals surface area contributed by atoms with E-state index in [-0.39, 0.29) is 17.5 Å². The number of para-hydroxylation sites is 1. The number of halogens is 1. The molecule has 4 aromatic rings. The van der Waals surface area contributed by atoms with Gasteiger partial charge in [-0.05, 0) is 29.7 Å². The topological polar surface area (TPSA) is 71.5 Å². The Morgan fingerprint density at radius 1 is 1.09 bits per heavy atom. The summed E-state index contributed by atoms with van der Waals surface area (Å²) in [6.45, 7) is 2.00. The third kappa shape index (κ3) is 5.47. The molecule has 3 aromatic carbocycles. The molecule has 0 saturated carbocycles. The van der Waals surface area contributed by atoms with Gasteiger partial charge in [-0.2, -0.15) is 0 Å². The molecule has 1 heterocycles. The third-order valence-corrected chi connectivity index (χ3v) is 5.77. The lowest BCUT2D eigenvalue weighted by molar-refractivity contribution is -0.117. The highest BCUT2D eigenvalue weighted by atomic mass is 32.1. The van der Waals surface area contributed by atoms with Crippen LogP contribution in [-0.4, -0.2) is 29.9 Å². The number of benzene rings is 3. The maximum absolute atomic E-state index is 14.2. The molecule has 172 valence electrons. The molecule has 0 aliphatic heterocycles. The van der Waals surface area contributed by atoms with Gasteiger partial charge in [0.1, 0.15) is 18.2 Å². The molecular formula is C26H22FN3O3S. The zero-order valence-electron chi connectivity index (χ0n) is 18.4. The van der Waals surface area contributed by atoms with Gasteiger partial charge in [-0.1, -0.05) is 48.5 Å². The molecule has 0 aliphatic rings. The summed E-state index contributed by atoms with van der Waals surface area (Å²) in [5.41, 5.74) is 0.619. The van der Waals surface area contributed by atoms with Crippen LogP contribution in [0.3, 0.4) is 0 Å². The molecular weight excluding hydrogens is 453 g/mol. The molecule has 0 radical (unpaired) electrons. The van der Waals surface area contributed by atoms with E-state index in [4.69, 9.17) is 4.74 Å². The number of anilines is 2. The van der Waals surface area contributed by atoms with Gasteiger partial charge in [-0.3, -0.25) is 14.5 Å². The van der Waals surface area contributed by atoms with Crippen molar-refractivity contribution < 1.29 is 18.7 Å². The van der Waals surface area contributed by atoms with Crippen LogP contribution in [0.25, 0.3) is 16.8 Å². The largest absolute Gasteiger partial charge is 0.491 e. The number of hydrogen-bond acceptors (Lipinski definition) is 5. The molecule has 0 atom stereocenters. The molecule has 0 bridgehead atoms. The van der Waals surface area contributed by atoms with Crippen molar-refractivity contribution in [1.29, 1.82) is 0 Å². The van der Waals surface area contributed by atoms with Gasteiger partial charge in [-0.15, -0.1) is 11.3 Å². The van der Waals surface area contributed by atoms with Crippen LogP contribution in [0.4, 0.5) is 15.2 Å². The number of thiazole rings is 1. The van der Waals surface area contributed by atoms with Crippen molar-refractivity contribution in [3.05, 3.63) is 89.7 Å². The first kappa shape index (κ1) is 23.1. The molecule has 6 nitrogen and oxygen atoms in total. The average Bonchev–Trinajstić information content (AvgIpc) is 3.30. The first-order valence-electron chi connectivity index (χ1n) is 10.6. The minimum absolute atomic E-state index is 0.129. The van der Waals surface area contributed by atoms with Gasteiger partial charge in [-0.25, -0.2) is 9.37 Å². The number of amides is 2. The molecule has 1 N–H and O–H groups in total. The third-order valence-electron chi connectivity index (χ3n) is 4.92. The number of hydrogen-bond donors (Lipinski definition) is 1. The standard InChI is InChI=1S/C26H22FN3O3S/c1-18(31)30(23-11-5-4-10-22(23)27)26-29-20(17-34-26)13-14-25(32)28-15-16-33-24-12-6-8-19-7-2-3-9-21(19)24/h2-14,17H,15-16H2,1H3,(H,28,32)/b14-13+. The van der Waals surface area contributed by atoms with Crippen molar-refractivity contribution in [2.75, 3.05) is 18.1 Å². The van der Waals surface area contributed by atoms with Gasteiger partial charge in [0.05, 0.1) is 17.9 Å². The number of fused-ring (bicyclic) bond motifs is 1. The molecule has 8 heteroatoms. The average molecular weight is 476 g/mol. The lowest BCUT2D eigenvalue weighted by Crippen LogP contribution is -2.26. The zero-order chi connectivity index (χ0) is 23.9. The Morgan fingerprint density at radius 2 is 1.85 bits per heavy atom. The van der Waals surface area contributed by atoms with Gasteiger partial charge in [0.2, 0.25) is 11.8 Å². The Balaban J connectivity index is 1.32. The number of ether oxygens (including phenoxy) is 1. The van der Waals surface area contributed by atoms with Crippen LogP contribution in [0, 0.1) is 5.82 Å². The number of rotatable bonds is 8. The number of carbonyl (C=O) groups is 2. The van der Waals surface area contributed by atoms with E-state index in [1.165, 1.54) is 41.4 Å². The van der Waals surface area contributed by atoms with E-state index in [9.17, 15) is 14.0 Å². The summed E-state index contributed by atoms with van der Waals surface area (Å²) in [6.07, 6.45) is 2.90. The van der Waals surface area contributed by atoms with E-state index in [0.29, 0.717) is 24.0 Å². The van der Waals surface area contributed by atoms with Gasteiger partial charge in [0.25, 0.3) is 0 Å². The van der Waals surface area contributed by atoms with Crippen LogP contribution in [-0.2, 0) is 9.59 Å². The molecule has 4 rings (SSSR count). The molecule has 0 fully saturated rings. The lowest BCUT2D eigenvalue weighted by atomic mass is 10.1. The fraction of sp³-hybridized carbons (Fsp3) is 0.115. The number of aromatic nitrogens is 1. The quantitative estimate of drug-likeness (QED) is 0.276. The Hall–Kier alpha value is -4.04. The van der Waals surface area contributed by atoms with Crippen molar-refractivity contribution in [1.82, 2.24) is 10.3 Å². The van der Waals surface area contributed by atoms with E-state index in [0.717, 1.165) is 16.5 Å². The second-order valence-corrected chi connectivity index (χ2v) is 8.15. The summed E-state index contributed by atoms with van der Waals surface area (Å²) in [5, 5.41) is 6.89. The zero-order valence-corrected chi connectivity index (χ0v) is 19.2. The summed E-state index contributed by atoms with van der Waals surface area (Å²) in [6, 6.07) is 19.8. The number of nitrogens with zero attached hydrogens (tertiary/aromatic N) is 2. The second kappa shape index (κ2) is 10.7. The summed E-state index contributed by atoms with van der Waals surface area (Å²) in [5.74, 6) is -0.412. The maximum Gasteiger partial charge on any atom is 0.244 e. The van der Waals surface area contributed by atoms with E-state index >= 15 is 0 Å². The van der Waals surface area contributed by atoms with Gasteiger partial charge in [0.15, 0.2) is 5.13 Å². The van der Waals surface area contributed by atoms with Crippen LogP contribution >= 0.6 is 11.3 Å². The van der Waals surface area contributed by atoms with E-state index in [2.05, 4.69) is 10.3 Å². The van der Waals surface area contributed by atoms with Gasteiger partial charge in [0, 0.05) is 23.8 Å². The van der Waals surface area contributed by atoms with Crippen LogP contribution in [0.5, 0.6) is 5.75 Å². The summed E-state index contributed by atoms with van der Waals surface area (Å²) in [7, 11) is 0. The number of carbonyl (C=O) groups excluding carboxylic acids is 2. The smallest absolute Gasteiger partial charge is 0.244 e. The van der Waals surface area contributed by atoms with Crippen LogP contribution in [0.15, 0.2) is 78.2 Å². The molecule has 2 amide bonds. The van der Waals surface area contributed by atoms with Crippen molar-refractivity contribution in [2.24, 2.45) is 0 Å². The van der Waals surface area contributed by atoms with Crippen molar-refractivity contribution in [2.45, 2.75) is 6.92 Å². The monoisotopic (exact) mass is 475 g/mol. The molecule has 0 aliphatic carbocycles. The van der Waals surface area contributed by atoms with Crippen LogP contribution in [0.2, 0.25) is 0 Å². The highest BCUT2D eigenvalue weighted by Crippen LogP contribution is 2.31. The Labute approximate surface area is 200 Å². The molecule has 34 heavy (non-hydrogen) atoms. The second-order valence-electron chi connectivity index (χ2n) is 7.31. The minimum atomic E-state index is -0.518. The highest BCUT2D eigenvalue weighted by Gasteiger charge is 2.20. The Kier molecular flexibility index (Phi) is 7.29. The summed E-state index contributed by atoms with van der Waals surface area (Å²) in [4.78, 5) is 29.9. The van der Waals surface area contributed by atoms with Crippen LogP contribution in [0.1, 0.15) is 12.6 Å². The van der Waals surface area contributed by atoms with Gasteiger partial charge < -0.3 is 10.1 Å². The molecule has 0 saturated heterocycles. The van der Waals surface area contributed by atoms with Crippen molar-refractivity contribution in [3.8, 4) is 5.75 Å². The fourth-order valence-corrected chi connectivity index (χ4v) is 4.22. The highest BCUT2D eigenvalue weighted by molar-refractivity contribution is 7.14. The van der Waals surface area contributed by atoms with Crippen molar-refractivity contribution in [3.63, 3.8) is 0 Å². The van der Waals surface area contributed by atoms with E-state index in [1.54, 1.807) is 23.6 Å². The first-order valence-corrected chi connectivity index (χ1v) is 11.5. The lowest BCUT2D eigenvalue weighted by Gasteiger charge is -2.18. The summed E-state index contributed by atoms with van der Waals surface area (Å²) >= 11 is 1.19. The Morgan fingerprint density at radius 3 is 2.68 bits per heavy atom. The predicted octanol–water partition coefficient (Wildman–Crippen LogP) is 5.33. The molecule has 1 aromatic heterocycles. The van der Waals surface area contributed by atoms with Crippen molar-refractivity contribution >= 4 is 50.8 Å². The number of nitrogens with one attached hydrogen (secondary N) is 1. The maximum atomic E-state index is 14.2. The summed E-state index contributed by atoms with van der Waals surface area (Å²) < 4.78 is 20.0. The SMILES string of the molecule is CC(=O)N(c1nc(/C=C/C(=O)NCCOc2cccc3ccccc23)cs1)c1ccccc1F. The van der Waals surface area contributed by atoms with E-state index in [1.807, 2.05) is 42.5 Å². The fourth-order valence-electron chi connectivity index (χ4n) is 3.37. The molecule has 0 spiro atoms. The van der Waals surface area contributed by atoms with Crippen LogP contribution < -0.4 is 15.0 Å². The molecule has 0 unspecified atom stereocenters.